The van der Waals surface area contributed by atoms with Crippen molar-refractivity contribution in [3.63, 3.8) is 0 Å². The minimum Gasteiger partial charge on any atom is -0.463 e. The molecule has 0 N–H and O–H groups in total. The fraction of sp³-hybridized carbons (Fsp3) is 0.559. The van der Waals surface area contributed by atoms with Crippen LogP contribution in [0.1, 0.15) is 69.2 Å². The van der Waals surface area contributed by atoms with Crippen LogP contribution in [0.15, 0.2) is 24.3 Å². The van der Waals surface area contributed by atoms with Gasteiger partial charge >= 0.3 is 41.8 Å². The molecule has 20 heteroatoms. The second-order valence-corrected chi connectivity index (χ2v) is 12.2. The van der Waals surface area contributed by atoms with Crippen molar-refractivity contribution >= 4 is 53.6 Å². The Morgan fingerprint density at radius 2 is 0.926 bits per heavy atom. The van der Waals surface area contributed by atoms with Crippen LogP contribution in [-0.2, 0) is 80.9 Å². The first-order valence-corrected chi connectivity index (χ1v) is 16.5. The average molecular weight is 766 g/mol. The third kappa shape index (κ3) is 9.74. The molecule has 54 heavy (non-hydrogen) atoms. The second kappa shape index (κ2) is 17.6. The quantitative estimate of drug-likeness (QED) is 0.153. The van der Waals surface area contributed by atoms with Gasteiger partial charge in [0, 0.05) is 48.5 Å². The predicted octanol–water partition coefficient (Wildman–Crippen LogP) is -0.0977. The fourth-order valence-electron chi connectivity index (χ4n) is 6.18. The Labute approximate surface area is 307 Å². The lowest BCUT2D eigenvalue weighted by Crippen LogP contribution is -2.69. The van der Waals surface area contributed by atoms with E-state index in [4.69, 9.17) is 47.4 Å². The van der Waals surface area contributed by atoms with Gasteiger partial charge in [-0.05, 0) is 12.1 Å². The summed E-state index contributed by atoms with van der Waals surface area (Å²) < 4.78 is 56.2. The number of imide groups is 1. The Bertz CT molecular complexity index is 1640. The lowest BCUT2D eigenvalue weighted by molar-refractivity contribution is -0.350. The summed E-state index contributed by atoms with van der Waals surface area (Å²) >= 11 is 0. The first kappa shape index (κ1) is 41.3. The van der Waals surface area contributed by atoms with Gasteiger partial charge in [-0.3, -0.25) is 48.1 Å². The van der Waals surface area contributed by atoms with Gasteiger partial charge in [-0.2, -0.15) is 0 Å². The van der Waals surface area contributed by atoms with E-state index >= 15 is 0 Å². The Hall–Kier alpha value is -5.47. The molecule has 294 valence electrons. The summed E-state index contributed by atoms with van der Waals surface area (Å²) in [4.78, 5) is 114. The van der Waals surface area contributed by atoms with Crippen molar-refractivity contribution in [1.82, 2.24) is 4.90 Å². The van der Waals surface area contributed by atoms with E-state index in [2.05, 4.69) is 0 Å². The van der Waals surface area contributed by atoms with Gasteiger partial charge in [-0.25, -0.2) is 0 Å². The van der Waals surface area contributed by atoms with Gasteiger partial charge in [-0.1, -0.05) is 12.1 Å². The average Bonchev–Trinajstić information content (AvgIpc) is 3.30. The zero-order valence-electron chi connectivity index (χ0n) is 30.2. The summed E-state index contributed by atoms with van der Waals surface area (Å²) in [7, 11) is 0. The van der Waals surface area contributed by atoms with Gasteiger partial charge in [0.1, 0.15) is 37.6 Å². The topological polar surface area (TPSA) is 249 Å². The zero-order valence-corrected chi connectivity index (χ0v) is 30.2. The molecule has 0 aromatic heterocycles. The highest BCUT2D eigenvalue weighted by atomic mass is 16.8. The molecule has 20 nitrogen and oxygen atoms in total. The smallest absolute Gasteiger partial charge is 0.305 e. The van der Waals surface area contributed by atoms with Gasteiger partial charge in [0.2, 0.25) is 6.29 Å². The maximum Gasteiger partial charge on any atom is 0.305 e. The van der Waals surface area contributed by atoms with Crippen molar-refractivity contribution in [3.8, 4) is 0 Å². The van der Waals surface area contributed by atoms with Crippen molar-refractivity contribution in [1.29, 1.82) is 0 Å². The molecule has 0 spiro atoms. The maximum absolute atomic E-state index is 13.8. The second-order valence-electron chi connectivity index (χ2n) is 12.2. The van der Waals surface area contributed by atoms with E-state index in [0.717, 1.165) is 48.5 Å². The number of fused-ring (bicyclic) bond motifs is 1. The largest absolute Gasteiger partial charge is 0.463 e. The number of rotatable bonds is 12. The molecule has 2 saturated heterocycles. The maximum atomic E-state index is 13.8. The molecule has 0 bridgehead atoms. The molecule has 4 rings (SSSR count). The van der Waals surface area contributed by atoms with E-state index in [1.54, 1.807) is 0 Å². The molecule has 0 radical (unpaired) electrons. The molecule has 1 aromatic carbocycles. The molecule has 3 heterocycles. The molecule has 1 aromatic rings. The van der Waals surface area contributed by atoms with Crippen molar-refractivity contribution < 1.29 is 90.5 Å². The summed E-state index contributed by atoms with van der Waals surface area (Å²) in [6.07, 6.45) is -15.5. The fourth-order valence-corrected chi connectivity index (χ4v) is 6.18. The minimum atomic E-state index is -1.91. The number of carbonyl (C=O) groups excluding carboxylic acids is 9. The van der Waals surface area contributed by atoms with Gasteiger partial charge in [0.05, 0.1) is 11.1 Å². The Morgan fingerprint density at radius 3 is 1.39 bits per heavy atom. The van der Waals surface area contributed by atoms with Crippen LogP contribution in [0.4, 0.5) is 0 Å². The molecule has 0 saturated carbocycles. The monoisotopic (exact) mass is 765 g/mol. The molecule has 3 aliphatic rings. The van der Waals surface area contributed by atoms with Crippen molar-refractivity contribution in [2.45, 2.75) is 110 Å². The van der Waals surface area contributed by atoms with E-state index in [-0.39, 0.29) is 11.1 Å². The third-order valence-corrected chi connectivity index (χ3v) is 8.01. The number of nitrogens with zero attached hydrogens (tertiary/aromatic N) is 1. The highest BCUT2D eigenvalue weighted by Gasteiger charge is 2.60. The number of esters is 7. The number of amides is 2. The summed E-state index contributed by atoms with van der Waals surface area (Å²) in [5.41, 5.74) is -0.0746. The molecule has 0 aliphatic carbocycles. The van der Waals surface area contributed by atoms with Crippen LogP contribution in [0, 0.1) is 0 Å². The van der Waals surface area contributed by atoms with Gasteiger partial charge in [0.25, 0.3) is 11.8 Å². The van der Waals surface area contributed by atoms with Crippen molar-refractivity contribution in [3.05, 3.63) is 35.4 Å². The van der Waals surface area contributed by atoms with E-state index in [0.29, 0.717) is 4.90 Å². The highest BCUT2D eigenvalue weighted by Crippen LogP contribution is 2.38. The first-order valence-electron chi connectivity index (χ1n) is 16.5. The van der Waals surface area contributed by atoms with E-state index in [1.807, 2.05) is 0 Å². The number of carbonyl (C=O) groups is 9. The van der Waals surface area contributed by atoms with Crippen LogP contribution < -0.4 is 0 Å². The van der Waals surface area contributed by atoms with E-state index in [9.17, 15) is 43.2 Å². The molecule has 3 aliphatic heterocycles. The van der Waals surface area contributed by atoms with Crippen LogP contribution in [0.5, 0.6) is 0 Å². The number of hydrogen-bond acceptors (Lipinski definition) is 19. The number of benzene rings is 1. The summed E-state index contributed by atoms with van der Waals surface area (Å²) in [6, 6.07) is 3.97. The third-order valence-electron chi connectivity index (χ3n) is 8.01. The van der Waals surface area contributed by atoms with Gasteiger partial charge in [0.15, 0.2) is 30.7 Å². The standard InChI is InChI=1S/C34H39NO19/c1-14(36)45-12-23-26(54-34-30(50-19(6)41)29(49-18(5)40)27(47-16(3)38)24(53-34)13-46-15(2)37)28(48-17(4)39)25(33(52-23)51-20(7)42)35-31(43)21-10-8-9-11-22(21)32(35)44/h8-11,23-30,33-34H,12-13H2,1-7H3/t23-,24-,25-,26-,27+,28-,29+,30-,33+,34+/m1/s1. The Kier molecular flexibility index (Phi) is 13.4. The highest BCUT2D eigenvalue weighted by molar-refractivity contribution is 6.21. The summed E-state index contributed by atoms with van der Waals surface area (Å²) in [5, 5.41) is 0. The van der Waals surface area contributed by atoms with Crippen LogP contribution in [-0.4, -0.2) is 133 Å². The van der Waals surface area contributed by atoms with Crippen molar-refractivity contribution in [2.24, 2.45) is 0 Å². The van der Waals surface area contributed by atoms with Gasteiger partial charge < -0.3 is 47.4 Å². The molecule has 2 fully saturated rings. The predicted molar refractivity (Wildman–Crippen MR) is 170 cm³/mol. The normalized spacial score (nSPS) is 28.9. The lowest BCUT2D eigenvalue weighted by atomic mass is 9.93. The Morgan fingerprint density at radius 1 is 0.519 bits per heavy atom. The summed E-state index contributed by atoms with van der Waals surface area (Å²) in [5.74, 6) is -8.14. The minimum absolute atomic E-state index is 0.0373. The molecule has 2 amide bonds. The van der Waals surface area contributed by atoms with Gasteiger partial charge in [-0.15, -0.1) is 0 Å². The molecular formula is C34H39NO19. The Balaban J connectivity index is 1.89. The lowest BCUT2D eigenvalue weighted by Gasteiger charge is -2.49. The molecule has 0 unspecified atom stereocenters. The first-order chi connectivity index (χ1) is 25.4. The van der Waals surface area contributed by atoms with E-state index < -0.39 is 128 Å². The number of ether oxygens (including phenoxy) is 10. The van der Waals surface area contributed by atoms with Crippen molar-refractivity contribution in [2.75, 3.05) is 13.2 Å². The van der Waals surface area contributed by atoms with Crippen LogP contribution >= 0.6 is 0 Å². The molecule has 10 atom stereocenters. The van der Waals surface area contributed by atoms with Crippen LogP contribution in [0.25, 0.3) is 0 Å². The van der Waals surface area contributed by atoms with E-state index in [1.165, 1.54) is 24.3 Å². The zero-order chi connectivity index (χ0) is 40.0. The SMILES string of the molecule is CC(=O)OC[C@H]1O[C@@H](O[C@H]2[C@H](OC(C)=O)[C@@H](N3C(=O)c4ccccc4C3=O)[C@@H](OC(C)=O)O[C@@H]2COC(C)=O)[C@H](OC(C)=O)[C@@H](OC(C)=O)[C@H]1OC(C)=O. The van der Waals surface area contributed by atoms with Crippen LogP contribution in [0.2, 0.25) is 0 Å². The van der Waals surface area contributed by atoms with Crippen LogP contribution in [0.3, 0.4) is 0 Å². The molecular weight excluding hydrogens is 726 g/mol. The number of hydrogen-bond donors (Lipinski definition) is 0. The summed E-state index contributed by atoms with van der Waals surface area (Å²) in [6.45, 7) is 5.84.